The number of piperidine rings is 1. The molecule has 1 aromatic heterocycles. The lowest BCUT2D eigenvalue weighted by molar-refractivity contribution is -0.132. The Labute approximate surface area is 119 Å². The number of nitrogens with one attached hydrogen (secondary N) is 2. The van der Waals surface area contributed by atoms with E-state index in [1.165, 1.54) is 10.4 Å². The molecule has 1 aromatic rings. The summed E-state index contributed by atoms with van der Waals surface area (Å²) < 4.78 is 0. The molecule has 1 atom stereocenters. The van der Waals surface area contributed by atoms with Gasteiger partial charge in [-0.15, -0.1) is 11.3 Å². The average molecular weight is 280 g/mol. The van der Waals surface area contributed by atoms with Gasteiger partial charge in [0.25, 0.3) is 0 Å². The Hall–Kier alpha value is -0.870. The van der Waals surface area contributed by atoms with Gasteiger partial charge < -0.3 is 10.6 Å². The maximum Gasteiger partial charge on any atom is 0.227 e. The Morgan fingerprint density at radius 3 is 3.00 bits per heavy atom. The molecular weight excluding hydrogens is 256 g/mol. The second kappa shape index (κ2) is 6.53. The molecule has 4 heteroatoms. The van der Waals surface area contributed by atoms with Crippen molar-refractivity contribution in [3.05, 3.63) is 21.9 Å². The third-order valence-corrected chi connectivity index (χ3v) is 5.22. The summed E-state index contributed by atoms with van der Waals surface area (Å²) in [6.45, 7) is 6.82. The quantitative estimate of drug-likeness (QED) is 0.870. The summed E-state index contributed by atoms with van der Waals surface area (Å²) in [6.07, 6.45) is 4.06. The third-order valence-electron chi connectivity index (χ3n) is 4.26. The van der Waals surface area contributed by atoms with Gasteiger partial charge in [0.1, 0.15) is 0 Å². The van der Waals surface area contributed by atoms with Gasteiger partial charge in [0.05, 0.1) is 12.0 Å². The van der Waals surface area contributed by atoms with Crippen LogP contribution in [0.2, 0.25) is 0 Å². The number of thiophene rings is 1. The monoisotopic (exact) mass is 280 g/mol. The lowest BCUT2D eigenvalue weighted by Crippen LogP contribution is -2.50. The summed E-state index contributed by atoms with van der Waals surface area (Å²) in [4.78, 5) is 13.8. The molecule has 1 fully saturated rings. The molecule has 1 unspecified atom stereocenters. The molecule has 0 saturated carbocycles. The van der Waals surface area contributed by atoms with Crippen molar-refractivity contribution >= 4 is 17.2 Å². The van der Waals surface area contributed by atoms with Crippen molar-refractivity contribution in [1.29, 1.82) is 0 Å². The Morgan fingerprint density at radius 2 is 2.37 bits per heavy atom. The maximum absolute atomic E-state index is 12.5. The molecule has 2 rings (SSSR count). The van der Waals surface area contributed by atoms with Crippen LogP contribution in [0.3, 0.4) is 0 Å². The molecule has 2 heterocycles. The highest BCUT2D eigenvalue weighted by atomic mass is 32.1. The van der Waals surface area contributed by atoms with Crippen LogP contribution in [-0.2, 0) is 17.8 Å². The first-order chi connectivity index (χ1) is 9.22. The van der Waals surface area contributed by atoms with Crippen LogP contribution in [0.5, 0.6) is 0 Å². The van der Waals surface area contributed by atoms with Crippen molar-refractivity contribution < 1.29 is 4.79 Å². The van der Waals surface area contributed by atoms with E-state index in [0.29, 0.717) is 6.54 Å². The highest BCUT2D eigenvalue weighted by Gasteiger charge is 2.37. The molecule has 19 heavy (non-hydrogen) atoms. The SMILES string of the molecule is CCc1ccsc1CNC(=O)C1(CC)CCCNC1. The first-order valence-electron chi connectivity index (χ1n) is 7.26. The normalized spacial score (nSPS) is 23.3. The van der Waals surface area contributed by atoms with Crippen LogP contribution >= 0.6 is 11.3 Å². The molecule has 3 nitrogen and oxygen atoms in total. The number of hydrogen-bond donors (Lipinski definition) is 2. The summed E-state index contributed by atoms with van der Waals surface area (Å²) in [5, 5.41) is 8.63. The predicted octanol–water partition coefficient (Wildman–Crippen LogP) is 2.71. The van der Waals surface area contributed by atoms with E-state index in [-0.39, 0.29) is 11.3 Å². The van der Waals surface area contributed by atoms with Crippen molar-refractivity contribution in [2.24, 2.45) is 5.41 Å². The average Bonchev–Trinajstić information content (AvgIpc) is 2.92. The number of carbonyl (C=O) groups is 1. The van der Waals surface area contributed by atoms with Crippen molar-refractivity contribution in [3.8, 4) is 0 Å². The van der Waals surface area contributed by atoms with E-state index in [1.54, 1.807) is 11.3 Å². The van der Waals surface area contributed by atoms with Crippen molar-refractivity contribution in [2.45, 2.75) is 46.1 Å². The number of aryl methyl sites for hydroxylation is 1. The van der Waals surface area contributed by atoms with Gasteiger partial charge in [-0.2, -0.15) is 0 Å². The molecule has 1 aliphatic rings. The van der Waals surface area contributed by atoms with Crippen LogP contribution in [0, 0.1) is 5.41 Å². The van der Waals surface area contributed by atoms with Gasteiger partial charge in [-0.1, -0.05) is 13.8 Å². The number of rotatable bonds is 5. The molecule has 1 saturated heterocycles. The maximum atomic E-state index is 12.5. The molecule has 0 aromatic carbocycles. The van der Waals surface area contributed by atoms with Gasteiger partial charge in [-0.05, 0) is 49.2 Å². The standard InChI is InChI=1S/C15H24N2OS/c1-3-12-6-9-19-13(12)10-17-14(18)15(4-2)7-5-8-16-11-15/h6,9,16H,3-5,7-8,10-11H2,1-2H3,(H,17,18). The topological polar surface area (TPSA) is 41.1 Å². The fraction of sp³-hybridized carbons (Fsp3) is 0.667. The first kappa shape index (κ1) is 14.5. The fourth-order valence-electron chi connectivity index (χ4n) is 2.81. The van der Waals surface area contributed by atoms with Gasteiger partial charge in [0, 0.05) is 11.4 Å². The summed E-state index contributed by atoms with van der Waals surface area (Å²) in [5.74, 6) is 0.220. The molecule has 1 aliphatic heterocycles. The Balaban J connectivity index is 1.96. The van der Waals surface area contributed by atoms with Crippen LogP contribution in [-0.4, -0.2) is 19.0 Å². The minimum absolute atomic E-state index is 0.193. The van der Waals surface area contributed by atoms with E-state index < -0.39 is 0 Å². The van der Waals surface area contributed by atoms with Gasteiger partial charge in [0.2, 0.25) is 5.91 Å². The van der Waals surface area contributed by atoms with E-state index in [2.05, 4.69) is 35.9 Å². The van der Waals surface area contributed by atoms with Crippen molar-refractivity contribution in [2.75, 3.05) is 13.1 Å². The van der Waals surface area contributed by atoms with Crippen LogP contribution in [0.4, 0.5) is 0 Å². The molecule has 0 bridgehead atoms. The van der Waals surface area contributed by atoms with Gasteiger partial charge in [-0.25, -0.2) is 0 Å². The van der Waals surface area contributed by atoms with E-state index in [1.807, 2.05) is 0 Å². The third kappa shape index (κ3) is 3.18. The first-order valence-corrected chi connectivity index (χ1v) is 8.14. The van der Waals surface area contributed by atoms with E-state index in [9.17, 15) is 4.79 Å². The highest BCUT2D eigenvalue weighted by molar-refractivity contribution is 7.10. The van der Waals surface area contributed by atoms with Crippen LogP contribution in [0.15, 0.2) is 11.4 Å². The predicted molar refractivity (Wildman–Crippen MR) is 80.4 cm³/mol. The zero-order valence-electron chi connectivity index (χ0n) is 11.9. The number of amides is 1. The molecule has 0 aliphatic carbocycles. The Bertz CT molecular complexity index is 422. The van der Waals surface area contributed by atoms with Crippen molar-refractivity contribution in [3.63, 3.8) is 0 Å². The largest absolute Gasteiger partial charge is 0.351 e. The van der Waals surface area contributed by atoms with E-state index in [0.717, 1.165) is 38.8 Å². The molecule has 0 spiro atoms. The summed E-state index contributed by atoms with van der Waals surface area (Å²) in [7, 11) is 0. The molecule has 2 N–H and O–H groups in total. The zero-order valence-corrected chi connectivity index (χ0v) is 12.7. The Kier molecular flexibility index (Phi) is 4.99. The molecule has 0 radical (unpaired) electrons. The van der Waals surface area contributed by atoms with E-state index >= 15 is 0 Å². The Morgan fingerprint density at radius 1 is 1.53 bits per heavy atom. The van der Waals surface area contributed by atoms with Gasteiger partial charge in [-0.3, -0.25) is 4.79 Å². The lowest BCUT2D eigenvalue weighted by Gasteiger charge is -2.35. The second-order valence-corrected chi connectivity index (χ2v) is 6.32. The van der Waals surface area contributed by atoms with Crippen LogP contribution in [0.1, 0.15) is 43.6 Å². The van der Waals surface area contributed by atoms with Crippen LogP contribution < -0.4 is 10.6 Å². The van der Waals surface area contributed by atoms with E-state index in [4.69, 9.17) is 0 Å². The number of hydrogen-bond acceptors (Lipinski definition) is 3. The lowest BCUT2D eigenvalue weighted by atomic mass is 9.77. The zero-order chi connectivity index (χ0) is 13.7. The minimum atomic E-state index is -0.193. The summed E-state index contributed by atoms with van der Waals surface area (Å²) >= 11 is 1.74. The molecular formula is C15H24N2OS. The van der Waals surface area contributed by atoms with Crippen LogP contribution in [0.25, 0.3) is 0 Å². The number of carbonyl (C=O) groups excluding carboxylic acids is 1. The van der Waals surface area contributed by atoms with Crippen molar-refractivity contribution in [1.82, 2.24) is 10.6 Å². The van der Waals surface area contributed by atoms with Gasteiger partial charge in [0.15, 0.2) is 0 Å². The van der Waals surface area contributed by atoms with Gasteiger partial charge >= 0.3 is 0 Å². The second-order valence-electron chi connectivity index (χ2n) is 5.32. The summed E-state index contributed by atoms with van der Waals surface area (Å²) in [5.41, 5.74) is 1.17. The molecule has 106 valence electrons. The summed E-state index contributed by atoms with van der Waals surface area (Å²) in [6, 6.07) is 2.16. The molecule has 1 amide bonds. The highest BCUT2D eigenvalue weighted by Crippen LogP contribution is 2.30. The fourth-order valence-corrected chi connectivity index (χ4v) is 3.72. The smallest absolute Gasteiger partial charge is 0.227 e. The minimum Gasteiger partial charge on any atom is -0.351 e.